The van der Waals surface area contributed by atoms with Gasteiger partial charge >= 0.3 is 6.18 Å². The van der Waals surface area contributed by atoms with Crippen molar-refractivity contribution in [1.82, 2.24) is 4.90 Å². The van der Waals surface area contributed by atoms with Gasteiger partial charge in [0.15, 0.2) is 0 Å². The molecule has 0 radical (unpaired) electrons. The lowest BCUT2D eigenvalue weighted by molar-refractivity contribution is -0.384. The predicted octanol–water partition coefficient (Wildman–Crippen LogP) is 4.30. The number of rotatable bonds is 6. The number of carbonyl (C=O) groups excluding carboxylic acids is 1. The van der Waals surface area contributed by atoms with E-state index in [4.69, 9.17) is 4.74 Å². The zero-order valence-corrected chi connectivity index (χ0v) is 19.1. The Bertz CT molecular complexity index is 1060. The monoisotopic (exact) mass is 492 g/mol. The number of nitrogens with zero attached hydrogens (tertiary/aromatic N) is 3. The normalized spacial score (nSPS) is 17.9. The minimum atomic E-state index is -4.66. The Morgan fingerprint density at radius 1 is 1.09 bits per heavy atom. The lowest BCUT2D eigenvalue weighted by Crippen LogP contribution is -2.38. The Morgan fingerprint density at radius 3 is 2.46 bits per heavy atom. The fourth-order valence-corrected chi connectivity index (χ4v) is 4.51. The molecule has 0 spiro atoms. The number of anilines is 2. The second-order valence-electron chi connectivity index (χ2n) is 8.80. The van der Waals surface area contributed by atoms with Crippen molar-refractivity contribution < 1.29 is 27.6 Å². The number of alkyl halides is 3. The topological polar surface area (TPSA) is 88.0 Å². The number of benzene rings is 2. The highest BCUT2D eigenvalue weighted by atomic mass is 19.4. The van der Waals surface area contributed by atoms with Crippen molar-refractivity contribution in [1.29, 1.82) is 0 Å². The highest BCUT2D eigenvalue weighted by Gasteiger charge is 2.35. The molecule has 1 amide bonds. The van der Waals surface area contributed by atoms with Crippen LogP contribution in [0.1, 0.15) is 24.0 Å². The van der Waals surface area contributed by atoms with Gasteiger partial charge in [0.05, 0.1) is 23.7 Å². The second-order valence-corrected chi connectivity index (χ2v) is 8.80. The molecule has 0 aliphatic carbocycles. The number of amides is 1. The first-order valence-electron chi connectivity index (χ1n) is 11.5. The molecule has 0 unspecified atom stereocenters. The molecule has 0 atom stereocenters. The Morgan fingerprint density at radius 2 is 1.80 bits per heavy atom. The van der Waals surface area contributed by atoms with Crippen LogP contribution in [0, 0.1) is 16.0 Å². The molecule has 4 rings (SSSR count). The summed E-state index contributed by atoms with van der Waals surface area (Å²) in [5, 5.41) is 14.4. The molecule has 2 aromatic rings. The van der Waals surface area contributed by atoms with Crippen LogP contribution >= 0.6 is 0 Å². The number of hydrogen-bond acceptors (Lipinski definition) is 6. The van der Waals surface area contributed by atoms with Crippen LogP contribution in [-0.4, -0.2) is 55.1 Å². The third-order valence-electron chi connectivity index (χ3n) is 6.41. The number of nitrogens with one attached hydrogen (secondary N) is 1. The van der Waals surface area contributed by atoms with Crippen LogP contribution in [0.5, 0.6) is 0 Å². The third-order valence-corrected chi connectivity index (χ3v) is 6.41. The number of morpholine rings is 1. The molecule has 0 saturated carbocycles. The van der Waals surface area contributed by atoms with Gasteiger partial charge < -0.3 is 15.0 Å². The zero-order chi connectivity index (χ0) is 25.0. The van der Waals surface area contributed by atoms with Crippen molar-refractivity contribution in [3.05, 3.63) is 63.7 Å². The van der Waals surface area contributed by atoms with Gasteiger partial charge in [-0.25, -0.2) is 0 Å². The number of hydrogen-bond donors (Lipinski definition) is 1. The first-order chi connectivity index (χ1) is 16.7. The van der Waals surface area contributed by atoms with E-state index in [2.05, 4.69) is 10.2 Å². The maximum Gasteiger partial charge on any atom is 0.416 e. The lowest BCUT2D eigenvalue weighted by atomic mass is 9.95. The molecule has 2 aromatic carbocycles. The van der Waals surface area contributed by atoms with Gasteiger partial charge in [0.2, 0.25) is 5.91 Å². The SMILES string of the molecule is O=C(Nc1cccc(CN2CCOCC2)c1)C1CCN(c2ccc(C(F)(F)F)cc2[N+](=O)[O-])CC1. The van der Waals surface area contributed by atoms with Crippen LogP contribution in [-0.2, 0) is 22.3 Å². The van der Waals surface area contributed by atoms with Crippen LogP contribution < -0.4 is 10.2 Å². The summed E-state index contributed by atoms with van der Waals surface area (Å²) in [5.74, 6) is -0.419. The first kappa shape index (κ1) is 24.9. The third kappa shape index (κ3) is 6.29. The summed E-state index contributed by atoms with van der Waals surface area (Å²) in [4.78, 5) is 27.4. The van der Waals surface area contributed by atoms with E-state index < -0.39 is 22.4 Å². The van der Waals surface area contributed by atoms with E-state index in [0.29, 0.717) is 50.9 Å². The van der Waals surface area contributed by atoms with E-state index in [0.717, 1.165) is 37.3 Å². The van der Waals surface area contributed by atoms with Crippen LogP contribution in [0.15, 0.2) is 42.5 Å². The number of nitro groups is 1. The zero-order valence-electron chi connectivity index (χ0n) is 19.1. The van der Waals surface area contributed by atoms with E-state index in [1.807, 2.05) is 24.3 Å². The predicted molar refractivity (Wildman–Crippen MR) is 124 cm³/mol. The van der Waals surface area contributed by atoms with Crippen LogP contribution in [0.4, 0.5) is 30.2 Å². The van der Waals surface area contributed by atoms with Crippen LogP contribution in [0.3, 0.4) is 0 Å². The summed E-state index contributed by atoms with van der Waals surface area (Å²) in [6.45, 7) is 4.61. The van der Waals surface area contributed by atoms with Gasteiger partial charge in [0.25, 0.3) is 5.69 Å². The van der Waals surface area contributed by atoms with Crippen LogP contribution in [0.2, 0.25) is 0 Å². The molecule has 1 N–H and O–H groups in total. The maximum absolute atomic E-state index is 13.0. The van der Waals surface area contributed by atoms with Gasteiger partial charge in [-0.1, -0.05) is 12.1 Å². The summed E-state index contributed by atoms with van der Waals surface area (Å²) in [6.07, 6.45) is -3.77. The molecule has 2 saturated heterocycles. The smallest absolute Gasteiger partial charge is 0.379 e. The molecular weight excluding hydrogens is 465 g/mol. The summed E-state index contributed by atoms with van der Waals surface area (Å²) in [5.41, 5.74) is 0.297. The minimum Gasteiger partial charge on any atom is -0.379 e. The molecule has 0 bridgehead atoms. The number of carbonyl (C=O) groups is 1. The summed E-state index contributed by atoms with van der Waals surface area (Å²) >= 11 is 0. The molecular formula is C24H27F3N4O4. The first-order valence-corrected chi connectivity index (χ1v) is 11.5. The van der Waals surface area contributed by atoms with E-state index in [1.165, 1.54) is 0 Å². The molecule has 2 heterocycles. The van der Waals surface area contributed by atoms with Gasteiger partial charge in [-0.2, -0.15) is 13.2 Å². The standard InChI is InChI=1S/C24H27F3N4O4/c25-24(26,27)19-4-5-21(22(15-19)31(33)34)30-8-6-18(7-9-30)23(32)28-20-3-1-2-17(14-20)16-29-10-12-35-13-11-29/h1-5,14-15,18H,6-13,16H2,(H,28,32). The van der Waals surface area contributed by atoms with Gasteiger partial charge in [-0.3, -0.25) is 19.8 Å². The van der Waals surface area contributed by atoms with Gasteiger partial charge in [0, 0.05) is 50.4 Å². The lowest BCUT2D eigenvalue weighted by Gasteiger charge is -2.32. The quantitative estimate of drug-likeness (QED) is 0.478. The molecule has 2 fully saturated rings. The average molecular weight is 492 g/mol. The number of nitro benzene ring substituents is 1. The second kappa shape index (κ2) is 10.6. The van der Waals surface area contributed by atoms with Gasteiger partial charge in [-0.05, 0) is 42.7 Å². The molecule has 2 aliphatic rings. The van der Waals surface area contributed by atoms with Gasteiger partial charge in [0.1, 0.15) is 5.69 Å². The average Bonchev–Trinajstić information content (AvgIpc) is 2.84. The van der Waals surface area contributed by atoms with Crippen LogP contribution in [0.25, 0.3) is 0 Å². The maximum atomic E-state index is 13.0. The summed E-state index contributed by atoms with van der Waals surface area (Å²) in [7, 11) is 0. The largest absolute Gasteiger partial charge is 0.416 e. The highest BCUT2D eigenvalue weighted by molar-refractivity contribution is 5.92. The minimum absolute atomic E-state index is 0.130. The molecule has 8 nitrogen and oxygen atoms in total. The highest BCUT2D eigenvalue weighted by Crippen LogP contribution is 2.37. The van der Waals surface area contributed by atoms with Crippen molar-refractivity contribution in [2.24, 2.45) is 5.92 Å². The number of halogens is 3. The number of piperidine rings is 1. The number of ether oxygens (including phenoxy) is 1. The van der Waals surface area contributed by atoms with E-state index in [-0.39, 0.29) is 17.5 Å². The molecule has 35 heavy (non-hydrogen) atoms. The van der Waals surface area contributed by atoms with E-state index in [9.17, 15) is 28.1 Å². The van der Waals surface area contributed by atoms with Crippen molar-refractivity contribution in [2.75, 3.05) is 49.6 Å². The Labute approximate surface area is 200 Å². The summed E-state index contributed by atoms with van der Waals surface area (Å²) < 4.78 is 44.3. The van der Waals surface area contributed by atoms with Gasteiger partial charge in [-0.15, -0.1) is 0 Å². The molecule has 11 heteroatoms. The Kier molecular flexibility index (Phi) is 7.56. The molecule has 188 valence electrons. The molecule has 2 aliphatic heterocycles. The van der Waals surface area contributed by atoms with Crippen molar-refractivity contribution in [3.8, 4) is 0 Å². The Hall–Kier alpha value is -3.18. The van der Waals surface area contributed by atoms with E-state index >= 15 is 0 Å². The molecule has 0 aromatic heterocycles. The fraction of sp³-hybridized carbons (Fsp3) is 0.458. The summed E-state index contributed by atoms with van der Waals surface area (Å²) in [6, 6.07) is 10.3. The van der Waals surface area contributed by atoms with E-state index in [1.54, 1.807) is 4.90 Å². The van der Waals surface area contributed by atoms with Crippen molar-refractivity contribution >= 4 is 23.0 Å². The fourth-order valence-electron chi connectivity index (χ4n) is 4.51. The Balaban J connectivity index is 1.36. The van der Waals surface area contributed by atoms with Crippen molar-refractivity contribution in [3.63, 3.8) is 0 Å². The van der Waals surface area contributed by atoms with Crippen molar-refractivity contribution in [2.45, 2.75) is 25.6 Å².